The SMILES string of the molecule is CCCCOC(=O)C[N+]1(CCNC(=O)COc2ccc(Cl)cc2Cl)CCCC1. The van der Waals surface area contributed by atoms with Gasteiger partial charge in [0.2, 0.25) is 0 Å². The molecule has 1 aliphatic heterocycles. The maximum Gasteiger partial charge on any atom is 0.361 e. The predicted molar refractivity (Wildman–Crippen MR) is 110 cm³/mol. The molecule has 0 radical (unpaired) electrons. The molecule has 1 aromatic carbocycles. The Balaban J connectivity index is 1.74. The van der Waals surface area contributed by atoms with Crippen molar-refractivity contribution in [2.75, 3.05) is 45.9 Å². The van der Waals surface area contributed by atoms with E-state index in [1.165, 1.54) is 0 Å². The molecule has 0 saturated carbocycles. The average molecular weight is 432 g/mol. The Morgan fingerprint density at radius 2 is 1.96 bits per heavy atom. The summed E-state index contributed by atoms with van der Waals surface area (Å²) in [5.74, 6) is 0.0374. The van der Waals surface area contributed by atoms with Crippen molar-refractivity contribution < 1.29 is 23.5 Å². The van der Waals surface area contributed by atoms with Crippen LogP contribution in [0.5, 0.6) is 5.75 Å². The van der Waals surface area contributed by atoms with Gasteiger partial charge in [0, 0.05) is 17.9 Å². The summed E-state index contributed by atoms with van der Waals surface area (Å²) in [7, 11) is 0. The third-order valence-electron chi connectivity index (χ3n) is 4.90. The molecule has 6 nitrogen and oxygen atoms in total. The van der Waals surface area contributed by atoms with Crippen LogP contribution in [0.4, 0.5) is 0 Å². The van der Waals surface area contributed by atoms with E-state index in [0.717, 1.165) is 38.8 Å². The van der Waals surface area contributed by atoms with Crippen LogP contribution >= 0.6 is 23.2 Å². The first-order chi connectivity index (χ1) is 13.4. The molecule has 8 heteroatoms. The van der Waals surface area contributed by atoms with E-state index >= 15 is 0 Å². The summed E-state index contributed by atoms with van der Waals surface area (Å²) in [6.45, 7) is 5.86. The quantitative estimate of drug-likeness (QED) is 0.331. The van der Waals surface area contributed by atoms with Gasteiger partial charge in [-0.05, 0) is 24.6 Å². The molecule has 1 saturated heterocycles. The van der Waals surface area contributed by atoms with E-state index in [1.807, 2.05) is 0 Å². The lowest BCUT2D eigenvalue weighted by Crippen LogP contribution is -2.53. The fourth-order valence-electron chi connectivity index (χ4n) is 3.34. The molecule has 0 bridgehead atoms. The lowest BCUT2D eigenvalue weighted by atomic mass is 10.3. The predicted octanol–water partition coefficient (Wildman–Crippen LogP) is 3.44. The monoisotopic (exact) mass is 431 g/mol. The molecule has 0 unspecified atom stereocenters. The minimum Gasteiger partial charge on any atom is -0.482 e. The number of nitrogens with one attached hydrogen (secondary N) is 1. The van der Waals surface area contributed by atoms with Crippen LogP contribution in [-0.2, 0) is 14.3 Å². The number of esters is 1. The minimum absolute atomic E-state index is 0.125. The van der Waals surface area contributed by atoms with Gasteiger partial charge in [0.1, 0.15) is 5.75 Å². The Kier molecular flexibility index (Phi) is 9.35. The Morgan fingerprint density at radius 3 is 2.64 bits per heavy atom. The number of amides is 1. The zero-order chi connectivity index (χ0) is 20.4. The molecule has 0 aliphatic carbocycles. The van der Waals surface area contributed by atoms with Gasteiger partial charge in [0.05, 0.1) is 37.8 Å². The number of rotatable bonds is 11. The maximum atomic E-state index is 12.1. The highest BCUT2D eigenvalue weighted by Gasteiger charge is 2.34. The van der Waals surface area contributed by atoms with Gasteiger partial charge in [-0.1, -0.05) is 36.5 Å². The topological polar surface area (TPSA) is 64.6 Å². The van der Waals surface area contributed by atoms with Crippen LogP contribution in [0.2, 0.25) is 10.0 Å². The number of likely N-dealkylation sites (tertiary alicyclic amines) is 1. The van der Waals surface area contributed by atoms with Crippen LogP contribution in [0, 0.1) is 0 Å². The number of unbranched alkanes of at least 4 members (excludes halogenated alkanes) is 1. The normalized spacial score (nSPS) is 15.2. The molecule has 28 heavy (non-hydrogen) atoms. The fourth-order valence-corrected chi connectivity index (χ4v) is 3.80. The van der Waals surface area contributed by atoms with Crippen LogP contribution in [-0.4, -0.2) is 62.3 Å². The molecule has 0 atom stereocenters. The zero-order valence-corrected chi connectivity index (χ0v) is 17.9. The number of hydrogen-bond acceptors (Lipinski definition) is 4. The van der Waals surface area contributed by atoms with Crippen molar-refractivity contribution in [3.63, 3.8) is 0 Å². The van der Waals surface area contributed by atoms with Gasteiger partial charge in [-0.15, -0.1) is 0 Å². The first-order valence-corrected chi connectivity index (χ1v) is 10.5. The van der Waals surface area contributed by atoms with Crippen molar-refractivity contribution in [2.24, 2.45) is 0 Å². The zero-order valence-electron chi connectivity index (χ0n) is 16.3. The van der Waals surface area contributed by atoms with Crippen LogP contribution < -0.4 is 10.1 Å². The average Bonchev–Trinajstić information content (AvgIpc) is 3.09. The van der Waals surface area contributed by atoms with E-state index in [4.69, 9.17) is 32.7 Å². The molecule has 1 aromatic rings. The van der Waals surface area contributed by atoms with Gasteiger partial charge in [0.25, 0.3) is 5.91 Å². The van der Waals surface area contributed by atoms with Crippen molar-refractivity contribution in [3.05, 3.63) is 28.2 Å². The van der Waals surface area contributed by atoms with Crippen molar-refractivity contribution in [1.29, 1.82) is 0 Å². The van der Waals surface area contributed by atoms with Crippen molar-refractivity contribution >= 4 is 35.1 Å². The second kappa shape index (κ2) is 11.5. The summed E-state index contributed by atoms with van der Waals surface area (Å²) in [6.07, 6.45) is 4.07. The van der Waals surface area contributed by atoms with Gasteiger partial charge in [0.15, 0.2) is 13.2 Å². The summed E-state index contributed by atoms with van der Waals surface area (Å²) >= 11 is 11.9. The molecule has 1 aliphatic rings. The van der Waals surface area contributed by atoms with E-state index in [0.29, 0.717) is 46.5 Å². The number of nitrogens with zero attached hydrogens (tertiary/aromatic N) is 1. The summed E-state index contributed by atoms with van der Waals surface area (Å²) in [5, 5.41) is 3.73. The second-order valence-electron chi connectivity index (χ2n) is 7.17. The van der Waals surface area contributed by atoms with E-state index in [9.17, 15) is 9.59 Å². The number of halogens is 2. The van der Waals surface area contributed by atoms with Crippen molar-refractivity contribution in [2.45, 2.75) is 32.6 Å². The third kappa shape index (κ3) is 7.49. The molecule has 2 rings (SSSR count). The molecular formula is C20H29Cl2N2O4+. The first kappa shape index (κ1) is 22.8. The molecule has 0 spiro atoms. The van der Waals surface area contributed by atoms with E-state index in [1.54, 1.807) is 18.2 Å². The Bertz CT molecular complexity index is 664. The van der Waals surface area contributed by atoms with Crippen LogP contribution in [0.1, 0.15) is 32.6 Å². The molecular weight excluding hydrogens is 403 g/mol. The maximum absolute atomic E-state index is 12.1. The summed E-state index contributed by atoms with van der Waals surface area (Å²) in [4.78, 5) is 24.2. The highest BCUT2D eigenvalue weighted by molar-refractivity contribution is 6.35. The molecule has 1 fully saturated rings. The molecule has 1 heterocycles. The first-order valence-electron chi connectivity index (χ1n) is 9.79. The van der Waals surface area contributed by atoms with E-state index in [2.05, 4.69) is 12.2 Å². The smallest absolute Gasteiger partial charge is 0.361 e. The van der Waals surface area contributed by atoms with E-state index in [-0.39, 0.29) is 18.5 Å². The minimum atomic E-state index is -0.228. The highest BCUT2D eigenvalue weighted by Crippen LogP contribution is 2.27. The standard InChI is InChI=1S/C20H28Cl2N2O4/c1-2-3-12-27-20(26)14-24(9-4-5-10-24)11-8-23-19(25)15-28-18-7-6-16(21)13-17(18)22/h6-7,13H,2-5,8-12,14-15H2,1H3/p+1. The lowest BCUT2D eigenvalue weighted by molar-refractivity contribution is -0.908. The van der Waals surface area contributed by atoms with Crippen molar-refractivity contribution in [3.8, 4) is 5.75 Å². The number of carbonyl (C=O) groups is 2. The number of ether oxygens (including phenoxy) is 2. The Hall–Kier alpha value is -1.50. The van der Waals surface area contributed by atoms with Gasteiger partial charge in [-0.3, -0.25) is 4.79 Å². The van der Waals surface area contributed by atoms with Crippen LogP contribution in [0.25, 0.3) is 0 Å². The highest BCUT2D eigenvalue weighted by atomic mass is 35.5. The van der Waals surface area contributed by atoms with Gasteiger partial charge < -0.3 is 19.3 Å². The number of benzene rings is 1. The summed E-state index contributed by atoms with van der Waals surface area (Å²) in [5.41, 5.74) is 0. The van der Waals surface area contributed by atoms with Gasteiger partial charge in [-0.25, -0.2) is 4.79 Å². The largest absolute Gasteiger partial charge is 0.482 e. The van der Waals surface area contributed by atoms with Crippen LogP contribution in [0.3, 0.4) is 0 Å². The van der Waals surface area contributed by atoms with Gasteiger partial charge >= 0.3 is 5.97 Å². The second-order valence-corrected chi connectivity index (χ2v) is 8.01. The number of hydrogen-bond donors (Lipinski definition) is 1. The Morgan fingerprint density at radius 1 is 1.21 bits per heavy atom. The Labute approximate surface area is 176 Å². The molecule has 0 aromatic heterocycles. The molecule has 156 valence electrons. The van der Waals surface area contributed by atoms with Crippen LogP contribution in [0.15, 0.2) is 18.2 Å². The molecule has 1 amide bonds. The summed E-state index contributed by atoms with van der Waals surface area (Å²) in [6, 6.07) is 4.85. The fraction of sp³-hybridized carbons (Fsp3) is 0.600. The number of carbonyl (C=O) groups excluding carboxylic acids is 2. The third-order valence-corrected chi connectivity index (χ3v) is 5.43. The lowest BCUT2D eigenvalue weighted by Gasteiger charge is -2.33. The van der Waals surface area contributed by atoms with E-state index < -0.39 is 0 Å². The summed E-state index contributed by atoms with van der Waals surface area (Å²) < 4.78 is 11.4. The van der Waals surface area contributed by atoms with Gasteiger partial charge in [-0.2, -0.15) is 0 Å². The number of quaternary nitrogens is 1. The molecule has 1 N–H and O–H groups in total. The van der Waals surface area contributed by atoms with Crippen molar-refractivity contribution in [1.82, 2.24) is 5.32 Å².